The average molecular weight is 296 g/mol. The van der Waals surface area contributed by atoms with Crippen molar-refractivity contribution in [2.24, 2.45) is 0 Å². The van der Waals surface area contributed by atoms with E-state index in [0.717, 1.165) is 37.1 Å². The Kier molecular flexibility index (Phi) is 5.48. The zero-order valence-electron chi connectivity index (χ0n) is 14.0. The van der Waals surface area contributed by atoms with Crippen LogP contribution in [-0.2, 0) is 12.8 Å². The van der Waals surface area contributed by atoms with Crippen LogP contribution in [0.25, 0.3) is 0 Å². The van der Waals surface area contributed by atoms with Crippen LogP contribution in [-0.4, -0.2) is 0 Å². The summed E-state index contributed by atoms with van der Waals surface area (Å²) in [7, 11) is 0. The average Bonchev–Trinajstić information content (AvgIpc) is 2.51. The van der Waals surface area contributed by atoms with Crippen LogP contribution in [0, 0.1) is 0 Å². The second-order valence-corrected chi connectivity index (χ2v) is 6.15. The van der Waals surface area contributed by atoms with Gasteiger partial charge >= 0.3 is 0 Å². The molecule has 0 atom stereocenters. The fourth-order valence-corrected chi connectivity index (χ4v) is 3.05. The third kappa shape index (κ3) is 3.62. The van der Waals surface area contributed by atoms with E-state index in [1.54, 1.807) is 0 Å². The first-order valence-corrected chi connectivity index (χ1v) is 8.33. The summed E-state index contributed by atoms with van der Waals surface area (Å²) in [6, 6.07) is 12.8. The Morgan fingerprint density at radius 1 is 0.773 bits per heavy atom. The topological polar surface area (TPSA) is 52.0 Å². The van der Waals surface area contributed by atoms with Gasteiger partial charge in [0.2, 0.25) is 0 Å². The van der Waals surface area contributed by atoms with Crippen LogP contribution >= 0.6 is 0 Å². The molecule has 0 bridgehead atoms. The number of rotatable bonds is 6. The molecule has 118 valence electrons. The number of aryl methyl sites for hydroxylation is 2. The molecular formula is C20H28N2. The molecule has 0 saturated heterocycles. The Balaban J connectivity index is 2.40. The van der Waals surface area contributed by atoms with Gasteiger partial charge in [-0.15, -0.1) is 0 Å². The smallest absolute Gasteiger partial charge is 0.0352 e. The fourth-order valence-electron chi connectivity index (χ4n) is 3.05. The first-order valence-electron chi connectivity index (χ1n) is 8.33. The van der Waals surface area contributed by atoms with Crippen LogP contribution in [0.1, 0.15) is 61.8 Å². The highest BCUT2D eigenvalue weighted by Gasteiger charge is 2.15. The van der Waals surface area contributed by atoms with Crippen molar-refractivity contribution in [2.75, 3.05) is 11.5 Å². The van der Waals surface area contributed by atoms with Crippen molar-refractivity contribution >= 4 is 11.4 Å². The Morgan fingerprint density at radius 3 is 1.55 bits per heavy atom. The first kappa shape index (κ1) is 16.4. The second-order valence-electron chi connectivity index (χ2n) is 6.15. The second kappa shape index (κ2) is 7.35. The number of anilines is 2. The van der Waals surface area contributed by atoms with Gasteiger partial charge in [-0.1, -0.05) is 57.9 Å². The predicted octanol–water partition coefficient (Wildman–Crippen LogP) is 4.91. The standard InChI is InChI=1S/C20H28N2/c1-4-6-15-8-10-19(21)17(12-15)14(3)18-13-16(7-5-2)9-11-20(18)22/h8-14H,4-7,21-22H2,1-3H3. The van der Waals surface area contributed by atoms with E-state index in [1.807, 2.05) is 12.1 Å². The number of nitrogen functional groups attached to an aromatic ring is 2. The Morgan fingerprint density at radius 2 is 1.18 bits per heavy atom. The monoisotopic (exact) mass is 296 g/mol. The van der Waals surface area contributed by atoms with E-state index in [1.165, 1.54) is 22.3 Å². The highest BCUT2D eigenvalue weighted by atomic mass is 14.6. The highest BCUT2D eigenvalue weighted by Crippen LogP contribution is 2.33. The molecule has 2 rings (SSSR count). The minimum absolute atomic E-state index is 0.216. The Bertz CT molecular complexity index is 576. The van der Waals surface area contributed by atoms with Crippen LogP contribution in [0.4, 0.5) is 11.4 Å². The van der Waals surface area contributed by atoms with Crippen LogP contribution < -0.4 is 11.5 Å². The number of benzene rings is 2. The number of hydrogen-bond acceptors (Lipinski definition) is 2. The van der Waals surface area contributed by atoms with Crippen LogP contribution in [0.15, 0.2) is 36.4 Å². The molecule has 0 saturated carbocycles. The van der Waals surface area contributed by atoms with Gasteiger partial charge in [-0.05, 0) is 47.2 Å². The summed E-state index contributed by atoms with van der Waals surface area (Å²) in [5.74, 6) is 0.216. The fraction of sp³-hybridized carbons (Fsp3) is 0.400. The molecule has 0 spiro atoms. The molecule has 2 aromatic rings. The summed E-state index contributed by atoms with van der Waals surface area (Å²) in [6.45, 7) is 6.60. The van der Waals surface area contributed by atoms with Gasteiger partial charge in [-0.2, -0.15) is 0 Å². The lowest BCUT2D eigenvalue weighted by atomic mass is 9.88. The number of hydrogen-bond donors (Lipinski definition) is 2. The third-order valence-corrected chi connectivity index (χ3v) is 4.31. The molecule has 0 radical (unpaired) electrons. The summed E-state index contributed by atoms with van der Waals surface area (Å²) in [5.41, 5.74) is 19.2. The quantitative estimate of drug-likeness (QED) is 0.744. The molecule has 0 aliphatic rings. The van der Waals surface area contributed by atoms with E-state index in [2.05, 4.69) is 45.0 Å². The van der Waals surface area contributed by atoms with Gasteiger partial charge in [0.15, 0.2) is 0 Å². The van der Waals surface area contributed by atoms with Gasteiger partial charge in [-0.3, -0.25) is 0 Å². The largest absolute Gasteiger partial charge is 0.398 e. The van der Waals surface area contributed by atoms with E-state index in [0.29, 0.717) is 0 Å². The van der Waals surface area contributed by atoms with Gasteiger partial charge in [0.05, 0.1) is 0 Å². The lowest BCUT2D eigenvalue weighted by Gasteiger charge is -2.19. The van der Waals surface area contributed by atoms with Crippen molar-refractivity contribution in [1.29, 1.82) is 0 Å². The first-order chi connectivity index (χ1) is 10.6. The Hall–Kier alpha value is -1.96. The molecule has 2 aromatic carbocycles. The van der Waals surface area contributed by atoms with Gasteiger partial charge in [0.25, 0.3) is 0 Å². The molecule has 0 aromatic heterocycles. The molecule has 2 heteroatoms. The zero-order valence-corrected chi connectivity index (χ0v) is 14.0. The SMILES string of the molecule is CCCc1ccc(N)c(C(C)c2cc(CCC)ccc2N)c1. The molecule has 2 nitrogen and oxygen atoms in total. The molecule has 0 aliphatic carbocycles. The van der Waals surface area contributed by atoms with Gasteiger partial charge < -0.3 is 11.5 Å². The lowest BCUT2D eigenvalue weighted by Crippen LogP contribution is -2.06. The summed E-state index contributed by atoms with van der Waals surface area (Å²) < 4.78 is 0. The lowest BCUT2D eigenvalue weighted by molar-refractivity contribution is 0.883. The van der Waals surface area contributed by atoms with E-state index >= 15 is 0 Å². The van der Waals surface area contributed by atoms with Crippen molar-refractivity contribution in [2.45, 2.75) is 52.4 Å². The summed E-state index contributed by atoms with van der Waals surface area (Å²) >= 11 is 0. The normalized spacial score (nSPS) is 11.1. The maximum absolute atomic E-state index is 6.23. The molecule has 0 amide bonds. The molecule has 0 fully saturated rings. The van der Waals surface area contributed by atoms with Crippen molar-refractivity contribution < 1.29 is 0 Å². The molecule has 0 aliphatic heterocycles. The van der Waals surface area contributed by atoms with Crippen molar-refractivity contribution in [1.82, 2.24) is 0 Å². The summed E-state index contributed by atoms with van der Waals surface area (Å²) in [5, 5.41) is 0. The molecule has 0 unspecified atom stereocenters. The molecule has 4 N–H and O–H groups in total. The number of nitrogens with two attached hydrogens (primary N) is 2. The minimum Gasteiger partial charge on any atom is -0.398 e. The van der Waals surface area contributed by atoms with Crippen molar-refractivity contribution in [3.63, 3.8) is 0 Å². The maximum atomic E-state index is 6.23. The third-order valence-electron chi connectivity index (χ3n) is 4.31. The van der Waals surface area contributed by atoms with Crippen LogP contribution in [0.5, 0.6) is 0 Å². The molecule has 0 heterocycles. The zero-order chi connectivity index (χ0) is 16.1. The molecular weight excluding hydrogens is 268 g/mol. The van der Waals surface area contributed by atoms with Crippen molar-refractivity contribution in [3.05, 3.63) is 58.7 Å². The van der Waals surface area contributed by atoms with E-state index in [-0.39, 0.29) is 5.92 Å². The predicted molar refractivity (Wildman–Crippen MR) is 97.2 cm³/mol. The summed E-state index contributed by atoms with van der Waals surface area (Å²) in [4.78, 5) is 0. The highest BCUT2D eigenvalue weighted by molar-refractivity contribution is 5.59. The van der Waals surface area contributed by atoms with E-state index < -0.39 is 0 Å². The van der Waals surface area contributed by atoms with Gasteiger partial charge in [0.1, 0.15) is 0 Å². The van der Waals surface area contributed by atoms with Crippen LogP contribution in [0.2, 0.25) is 0 Å². The molecule has 22 heavy (non-hydrogen) atoms. The van der Waals surface area contributed by atoms with Gasteiger partial charge in [-0.25, -0.2) is 0 Å². The summed E-state index contributed by atoms with van der Waals surface area (Å²) in [6.07, 6.45) is 4.47. The van der Waals surface area contributed by atoms with E-state index in [9.17, 15) is 0 Å². The minimum atomic E-state index is 0.216. The van der Waals surface area contributed by atoms with E-state index in [4.69, 9.17) is 11.5 Å². The van der Waals surface area contributed by atoms with Crippen LogP contribution in [0.3, 0.4) is 0 Å². The maximum Gasteiger partial charge on any atom is 0.0352 e. The van der Waals surface area contributed by atoms with Crippen molar-refractivity contribution in [3.8, 4) is 0 Å². The van der Waals surface area contributed by atoms with Gasteiger partial charge in [0, 0.05) is 17.3 Å². The Labute approximate surface area is 134 Å².